The van der Waals surface area contributed by atoms with Gasteiger partial charge in [-0.05, 0) is 6.92 Å². The molecule has 1 aromatic rings. The lowest BCUT2D eigenvalue weighted by molar-refractivity contribution is 0.455. The van der Waals surface area contributed by atoms with Gasteiger partial charge in [0.2, 0.25) is 5.88 Å². The van der Waals surface area contributed by atoms with Gasteiger partial charge in [-0.3, -0.25) is 15.0 Å². The van der Waals surface area contributed by atoms with Crippen molar-refractivity contribution in [3.63, 3.8) is 0 Å². The summed E-state index contributed by atoms with van der Waals surface area (Å²) in [5.74, 6) is 5.36. The predicted molar refractivity (Wildman–Crippen MR) is 40.3 cm³/mol. The number of hydrogen-bond donors (Lipinski definition) is 4. The van der Waals surface area contributed by atoms with E-state index in [1.54, 1.807) is 6.92 Å². The van der Waals surface area contributed by atoms with Gasteiger partial charge in [0.1, 0.15) is 0 Å². The summed E-state index contributed by atoms with van der Waals surface area (Å²) < 4.78 is 0. The highest BCUT2D eigenvalue weighted by Gasteiger charge is 2.08. The van der Waals surface area contributed by atoms with Crippen molar-refractivity contribution in [1.82, 2.24) is 9.97 Å². The Labute approximate surface area is 62.6 Å². The number of aromatic hydroxyl groups is 1. The van der Waals surface area contributed by atoms with Crippen molar-refractivity contribution in [3.05, 3.63) is 10.5 Å². The van der Waals surface area contributed by atoms with Crippen LogP contribution in [0.2, 0.25) is 0 Å². The van der Waals surface area contributed by atoms with Crippen molar-refractivity contribution < 1.29 is 5.11 Å². The fourth-order valence-electron chi connectivity index (χ4n) is 0.731. The number of nitrogens with zero attached hydrogens (tertiary/aromatic N) is 1. The molecule has 0 spiro atoms. The van der Waals surface area contributed by atoms with E-state index in [1.165, 1.54) is 5.01 Å². The number of anilines is 1. The molecule has 11 heavy (non-hydrogen) atoms. The second-order valence-electron chi connectivity index (χ2n) is 2.06. The van der Waals surface area contributed by atoms with E-state index in [0.717, 1.165) is 0 Å². The maximum Gasteiger partial charge on any atom is 0.327 e. The number of nitrogens with one attached hydrogen (secondary N) is 2. The van der Waals surface area contributed by atoms with Crippen LogP contribution in [0.4, 0.5) is 5.82 Å². The molecule has 0 amide bonds. The fourth-order valence-corrected chi connectivity index (χ4v) is 0.731. The lowest BCUT2D eigenvalue weighted by Gasteiger charge is -2.12. The number of aromatic nitrogens is 2. The lowest BCUT2D eigenvalue weighted by Crippen LogP contribution is -2.30. The van der Waals surface area contributed by atoms with E-state index in [4.69, 9.17) is 10.9 Å². The Kier molecular flexibility index (Phi) is 1.86. The molecule has 1 rings (SSSR count). The molecule has 0 fully saturated rings. The van der Waals surface area contributed by atoms with Crippen molar-refractivity contribution >= 4 is 5.82 Å². The quantitative estimate of drug-likeness (QED) is 0.331. The average molecular weight is 158 g/mol. The van der Waals surface area contributed by atoms with Crippen LogP contribution in [-0.4, -0.2) is 21.6 Å². The molecule has 0 aliphatic rings. The highest BCUT2D eigenvalue weighted by molar-refractivity contribution is 5.45. The van der Waals surface area contributed by atoms with Crippen LogP contribution in [0.5, 0.6) is 5.88 Å². The second kappa shape index (κ2) is 2.67. The Hall–Kier alpha value is -1.43. The molecule has 0 saturated heterocycles. The summed E-state index contributed by atoms with van der Waals surface area (Å²) in [7, 11) is 0. The summed E-state index contributed by atoms with van der Waals surface area (Å²) in [6.07, 6.45) is 0. The van der Waals surface area contributed by atoms with Gasteiger partial charge in [-0.25, -0.2) is 10.6 Å². The van der Waals surface area contributed by atoms with Gasteiger partial charge < -0.3 is 5.11 Å². The Bertz CT molecular complexity index is 289. The third-order valence-corrected chi connectivity index (χ3v) is 1.32. The van der Waals surface area contributed by atoms with Crippen molar-refractivity contribution in [2.75, 3.05) is 11.6 Å². The van der Waals surface area contributed by atoms with Crippen LogP contribution in [0.3, 0.4) is 0 Å². The summed E-state index contributed by atoms with van der Waals surface area (Å²) in [5.41, 5.74) is -0.471. The van der Waals surface area contributed by atoms with E-state index in [9.17, 15) is 4.79 Å². The first-order valence-electron chi connectivity index (χ1n) is 3.18. The van der Waals surface area contributed by atoms with Gasteiger partial charge in [-0.15, -0.1) is 0 Å². The molecule has 0 saturated carbocycles. The fraction of sp³-hybridized carbons (Fsp3) is 0.400. The molecule has 0 aliphatic carbocycles. The standard InChI is InChI=1S/C5H10N4O2/c1-2-9(6)3-4(10)8-5(11)7-3/h10H,2,6H2,1H3,(H2,7,8,11). The molecule has 6 heteroatoms. The minimum absolute atomic E-state index is 0.206. The molecule has 1 heterocycles. The number of rotatable bonds is 2. The predicted octanol–water partition coefficient (Wildman–Crippen LogP) is -0.891. The number of imidazole rings is 1. The largest absolute Gasteiger partial charge is 0.492 e. The van der Waals surface area contributed by atoms with Crippen molar-refractivity contribution in [2.24, 2.45) is 5.84 Å². The highest BCUT2D eigenvalue weighted by Crippen LogP contribution is 2.15. The van der Waals surface area contributed by atoms with Crippen LogP contribution in [-0.2, 0) is 0 Å². The first-order chi connectivity index (χ1) is 5.15. The van der Waals surface area contributed by atoms with E-state index >= 15 is 0 Å². The highest BCUT2D eigenvalue weighted by atomic mass is 16.3. The van der Waals surface area contributed by atoms with Crippen LogP contribution in [0.1, 0.15) is 6.92 Å². The Morgan fingerprint density at radius 3 is 2.64 bits per heavy atom. The molecule has 0 atom stereocenters. The third kappa shape index (κ3) is 1.35. The molecule has 0 aliphatic heterocycles. The average Bonchev–Trinajstić information content (AvgIpc) is 2.28. The zero-order valence-corrected chi connectivity index (χ0v) is 6.09. The number of H-pyrrole nitrogens is 2. The SMILES string of the molecule is CCN(N)c1[nH]c(=O)[nH]c1O. The van der Waals surface area contributed by atoms with E-state index < -0.39 is 5.69 Å². The summed E-state index contributed by atoms with van der Waals surface area (Å²) in [6, 6.07) is 0. The van der Waals surface area contributed by atoms with E-state index in [0.29, 0.717) is 6.54 Å². The van der Waals surface area contributed by atoms with Gasteiger partial charge in [0.05, 0.1) is 0 Å². The van der Waals surface area contributed by atoms with Gasteiger partial charge in [0.15, 0.2) is 5.82 Å². The van der Waals surface area contributed by atoms with Crippen LogP contribution in [0.25, 0.3) is 0 Å². The minimum Gasteiger partial charge on any atom is -0.492 e. The monoisotopic (exact) mass is 158 g/mol. The minimum atomic E-state index is -0.471. The Morgan fingerprint density at radius 2 is 2.27 bits per heavy atom. The van der Waals surface area contributed by atoms with Crippen LogP contribution in [0, 0.1) is 0 Å². The Morgan fingerprint density at radius 1 is 1.64 bits per heavy atom. The van der Waals surface area contributed by atoms with E-state index in [2.05, 4.69) is 9.97 Å². The third-order valence-electron chi connectivity index (χ3n) is 1.32. The summed E-state index contributed by atoms with van der Waals surface area (Å²) in [4.78, 5) is 15.1. The van der Waals surface area contributed by atoms with Crippen molar-refractivity contribution in [2.45, 2.75) is 6.92 Å². The molecule has 0 radical (unpaired) electrons. The number of aromatic amines is 2. The van der Waals surface area contributed by atoms with Gasteiger partial charge in [0.25, 0.3) is 0 Å². The maximum absolute atomic E-state index is 10.6. The first kappa shape index (κ1) is 7.67. The molecule has 1 aromatic heterocycles. The number of hydrogen-bond acceptors (Lipinski definition) is 4. The van der Waals surface area contributed by atoms with Crippen molar-refractivity contribution in [1.29, 1.82) is 0 Å². The normalized spacial score (nSPS) is 10.0. The summed E-state index contributed by atoms with van der Waals surface area (Å²) >= 11 is 0. The molecular formula is C5H10N4O2. The van der Waals surface area contributed by atoms with E-state index in [-0.39, 0.29) is 11.7 Å². The van der Waals surface area contributed by atoms with Gasteiger partial charge in [-0.1, -0.05) is 0 Å². The zero-order chi connectivity index (χ0) is 8.43. The van der Waals surface area contributed by atoms with Crippen LogP contribution < -0.4 is 16.5 Å². The smallest absolute Gasteiger partial charge is 0.327 e. The van der Waals surface area contributed by atoms with Crippen LogP contribution in [0.15, 0.2) is 4.79 Å². The van der Waals surface area contributed by atoms with Gasteiger partial charge in [-0.2, -0.15) is 0 Å². The summed E-state index contributed by atoms with van der Waals surface area (Å²) in [5, 5.41) is 10.3. The van der Waals surface area contributed by atoms with Crippen LogP contribution >= 0.6 is 0 Å². The second-order valence-corrected chi connectivity index (χ2v) is 2.06. The molecular weight excluding hydrogens is 148 g/mol. The Balaban J connectivity index is 3.02. The van der Waals surface area contributed by atoms with Gasteiger partial charge in [0, 0.05) is 6.54 Å². The van der Waals surface area contributed by atoms with Crippen molar-refractivity contribution in [3.8, 4) is 5.88 Å². The molecule has 0 unspecified atom stereocenters. The molecule has 6 nitrogen and oxygen atoms in total. The molecule has 0 aromatic carbocycles. The topological polar surface area (TPSA) is 98.1 Å². The lowest BCUT2D eigenvalue weighted by atomic mass is 10.6. The number of nitrogens with two attached hydrogens (primary N) is 1. The first-order valence-corrected chi connectivity index (χ1v) is 3.18. The maximum atomic E-state index is 10.6. The molecule has 0 bridgehead atoms. The van der Waals surface area contributed by atoms with Gasteiger partial charge >= 0.3 is 5.69 Å². The van der Waals surface area contributed by atoms with E-state index in [1.807, 2.05) is 0 Å². The number of hydrazine groups is 1. The summed E-state index contributed by atoms with van der Waals surface area (Å²) in [6.45, 7) is 2.30. The molecule has 62 valence electrons. The molecule has 5 N–H and O–H groups in total. The zero-order valence-electron chi connectivity index (χ0n) is 6.09.